The van der Waals surface area contributed by atoms with Gasteiger partial charge in [0.05, 0.1) is 13.2 Å². The van der Waals surface area contributed by atoms with E-state index in [1.807, 2.05) is 6.92 Å². The van der Waals surface area contributed by atoms with Crippen molar-refractivity contribution in [2.75, 3.05) is 20.3 Å². The zero-order valence-corrected chi connectivity index (χ0v) is 13.5. The summed E-state index contributed by atoms with van der Waals surface area (Å²) in [7, 11) is 1.47. The molecule has 20 heavy (non-hydrogen) atoms. The van der Waals surface area contributed by atoms with E-state index in [1.165, 1.54) is 20.0 Å². The zero-order valence-electron chi connectivity index (χ0n) is 13.5. The number of hydrogen-bond acceptors (Lipinski definition) is 4. The molecule has 4 heteroatoms. The molecular formula is C16H31NO3. The van der Waals surface area contributed by atoms with Gasteiger partial charge in [-0.3, -0.25) is 4.79 Å². The minimum atomic E-state index is -0.541. The van der Waals surface area contributed by atoms with Crippen molar-refractivity contribution in [1.82, 2.24) is 5.32 Å². The molecule has 1 saturated carbocycles. The monoisotopic (exact) mass is 285 g/mol. The average molecular weight is 285 g/mol. The van der Waals surface area contributed by atoms with Gasteiger partial charge in [-0.05, 0) is 38.1 Å². The third-order valence-electron chi connectivity index (χ3n) is 4.20. The Hall–Kier alpha value is -0.610. The lowest BCUT2D eigenvalue weighted by atomic mass is 9.80. The molecule has 1 fully saturated rings. The molecule has 1 aliphatic rings. The van der Waals surface area contributed by atoms with Gasteiger partial charge in [-0.15, -0.1) is 0 Å². The Morgan fingerprint density at radius 3 is 2.80 bits per heavy atom. The highest BCUT2D eigenvalue weighted by Gasteiger charge is 2.43. The van der Waals surface area contributed by atoms with Crippen molar-refractivity contribution in [3.8, 4) is 0 Å². The number of likely N-dealkylation sites (N-methyl/N-ethyl adjacent to an activating group) is 1. The van der Waals surface area contributed by atoms with Crippen LogP contribution in [0, 0.1) is 5.92 Å². The minimum absolute atomic E-state index is 0.144. The molecule has 1 rings (SSSR count). The lowest BCUT2D eigenvalue weighted by Crippen LogP contribution is -2.56. The number of rotatable bonds is 8. The van der Waals surface area contributed by atoms with Crippen LogP contribution in [0.5, 0.6) is 0 Å². The summed E-state index contributed by atoms with van der Waals surface area (Å²) in [6, 6.07) is 0. The summed E-state index contributed by atoms with van der Waals surface area (Å²) in [6.07, 6.45) is 6.18. The molecule has 0 bridgehead atoms. The van der Waals surface area contributed by atoms with Crippen LogP contribution < -0.4 is 5.32 Å². The van der Waals surface area contributed by atoms with Gasteiger partial charge in [0.2, 0.25) is 0 Å². The molecule has 0 amide bonds. The summed E-state index contributed by atoms with van der Waals surface area (Å²) >= 11 is 0. The van der Waals surface area contributed by atoms with Crippen molar-refractivity contribution in [1.29, 1.82) is 0 Å². The average Bonchev–Trinajstić information content (AvgIpc) is 2.45. The summed E-state index contributed by atoms with van der Waals surface area (Å²) in [6.45, 7) is 8.02. The maximum atomic E-state index is 12.1. The number of methoxy groups -OCH3 is 1. The van der Waals surface area contributed by atoms with E-state index in [0.717, 1.165) is 38.8 Å². The standard InChI is InChI=1S/C16H31NO3/c1-5-8-13(3)12-20-14-9-7-10-16(11-14,17-6-2)15(18)19-4/h13-14,17H,5-12H2,1-4H3. The normalized spacial score (nSPS) is 28.1. The van der Waals surface area contributed by atoms with E-state index in [9.17, 15) is 4.79 Å². The fraction of sp³-hybridized carbons (Fsp3) is 0.938. The van der Waals surface area contributed by atoms with Gasteiger partial charge in [0.1, 0.15) is 5.54 Å². The van der Waals surface area contributed by atoms with Crippen LogP contribution in [0.15, 0.2) is 0 Å². The van der Waals surface area contributed by atoms with Crippen LogP contribution in [0.1, 0.15) is 59.3 Å². The molecule has 3 atom stereocenters. The van der Waals surface area contributed by atoms with Crippen LogP contribution in [-0.4, -0.2) is 37.9 Å². The van der Waals surface area contributed by atoms with Gasteiger partial charge in [0.25, 0.3) is 0 Å². The summed E-state index contributed by atoms with van der Waals surface area (Å²) in [5.41, 5.74) is -0.541. The molecule has 0 aromatic rings. The molecule has 0 radical (unpaired) electrons. The Balaban J connectivity index is 2.56. The van der Waals surface area contributed by atoms with Crippen LogP contribution in [0.2, 0.25) is 0 Å². The molecule has 0 spiro atoms. The van der Waals surface area contributed by atoms with Crippen LogP contribution in [0.3, 0.4) is 0 Å². The van der Waals surface area contributed by atoms with Crippen LogP contribution in [0.4, 0.5) is 0 Å². The summed E-state index contributed by atoms with van der Waals surface area (Å²) < 4.78 is 11.0. The minimum Gasteiger partial charge on any atom is -0.468 e. The van der Waals surface area contributed by atoms with Crippen molar-refractivity contribution in [2.45, 2.75) is 70.9 Å². The highest BCUT2D eigenvalue weighted by atomic mass is 16.5. The number of hydrogen-bond donors (Lipinski definition) is 1. The Kier molecular flexibility index (Phi) is 7.52. The number of ether oxygens (including phenoxy) is 2. The molecule has 1 aliphatic carbocycles. The SMILES string of the molecule is CCCC(C)COC1CCCC(NCC)(C(=O)OC)C1. The summed E-state index contributed by atoms with van der Waals surface area (Å²) in [5.74, 6) is 0.447. The van der Waals surface area contributed by atoms with E-state index in [2.05, 4.69) is 19.2 Å². The van der Waals surface area contributed by atoms with E-state index in [1.54, 1.807) is 0 Å². The third-order valence-corrected chi connectivity index (χ3v) is 4.20. The van der Waals surface area contributed by atoms with Gasteiger partial charge < -0.3 is 14.8 Å². The first-order chi connectivity index (χ1) is 9.57. The quantitative estimate of drug-likeness (QED) is 0.697. The van der Waals surface area contributed by atoms with E-state index in [4.69, 9.17) is 9.47 Å². The first kappa shape index (κ1) is 17.4. The van der Waals surface area contributed by atoms with Gasteiger partial charge in [-0.25, -0.2) is 0 Å². The Bertz CT molecular complexity index is 291. The molecule has 1 N–H and O–H groups in total. The Morgan fingerprint density at radius 1 is 1.45 bits per heavy atom. The van der Waals surface area contributed by atoms with E-state index >= 15 is 0 Å². The smallest absolute Gasteiger partial charge is 0.326 e. The van der Waals surface area contributed by atoms with Gasteiger partial charge in [0.15, 0.2) is 0 Å². The lowest BCUT2D eigenvalue weighted by molar-refractivity contribution is -0.153. The van der Waals surface area contributed by atoms with Gasteiger partial charge in [0, 0.05) is 13.0 Å². The molecule has 0 aromatic carbocycles. The largest absolute Gasteiger partial charge is 0.468 e. The van der Waals surface area contributed by atoms with Crippen LogP contribution >= 0.6 is 0 Å². The highest BCUT2D eigenvalue weighted by Crippen LogP contribution is 2.31. The molecule has 118 valence electrons. The fourth-order valence-corrected chi connectivity index (χ4v) is 3.19. The van der Waals surface area contributed by atoms with Crippen molar-refractivity contribution in [2.24, 2.45) is 5.92 Å². The molecule has 4 nitrogen and oxygen atoms in total. The van der Waals surface area contributed by atoms with Crippen molar-refractivity contribution in [3.05, 3.63) is 0 Å². The highest BCUT2D eigenvalue weighted by molar-refractivity contribution is 5.81. The second-order valence-electron chi connectivity index (χ2n) is 6.05. The fourth-order valence-electron chi connectivity index (χ4n) is 3.19. The Labute approximate surface area is 123 Å². The predicted molar refractivity (Wildman–Crippen MR) is 80.7 cm³/mol. The van der Waals surface area contributed by atoms with E-state index in [0.29, 0.717) is 5.92 Å². The molecule has 0 aliphatic heterocycles. The molecule has 0 aromatic heterocycles. The number of carbonyl (C=O) groups excluding carboxylic acids is 1. The number of esters is 1. The predicted octanol–water partition coefficient (Wildman–Crippen LogP) is 2.90. The van der Waals surface area contributed by atoms with Gasteiger partial charge in [-0.1, -0.05) is 27.2 Å². The van der Waals surface area contributed by atoms with Crippen molar-refractivity contribution >= 4 is 5.97 Å². The first-order valence-electron chi connectivity index (χ1n) is 8.03. The Morgan fingerprint density at radius 2 is 2.20 bits per heavy atom. The number of nitrogens with one attached hydrogen (secondary N) is 1. The van der Waals surface area contributed by atoms with E-state index < -0.39 is 5.54 Å². The maximum absolute atomic E-state index is 12.1. The van der Waals surface area contributed by atoms with Gasteiger partial charge in [-0.2, -0.15) is 0 Å². The van der Waals surface area contributed by atoms with Crippen molar-refractivity contribution < 1.29 is 14.3 Å². The molecule has 0 saturated heterocycles. The number of carbonyl (C=O) groups is 1. The third kappa shape index (κ3) is 4.74. The molecular weight excluding hydrogens is 254 g/mol. The van der Waals surface area contributed by atoms with Crippen molar-refractivity contribution in [3.63, 3.8) is 0 Å². The second kappa shape index (κ2) is 8.63. The maximum Gasteiger partial charge on any atom is 0.326 e. The molecule has 0 heterocycles. The van der Waals surface area contributed by atoms with Crippen LogP contribution in [0.25, 0.3) is 0 Å². The van der Waals surface area contributed by atoms with E-state index in [-0.39, 0.29) is 12.1 Å². The summed E-state index contributed by atoms with van der Waals surface area (Å²) in [4.78, 5) is 12.1. The van der Waals surface area contributed by atoms with Gasteiger partial charge >= 0.3 is 5.97 Å². The molecule has 3 unspecified atom stereocenters. The lowest BCUT2D eigenvalue weighted by Gasteiger charge is -2.39. The van der Waals surface area contributed by atoms with Crippen LogP contribution in [-0.2, 0) is 14.3 Å². The first-order valence-corrected chi connectivity index (χ1v) is 8.03. The summed E-state index contributed by atoms with van der Waals surface area (Å²) in [5, 5.41) is 3.34. The zero-order chi connectivity index (χ0) is 15.0. The second-order valence-corrected chi connectivity index (χ2v) is 6.05. The topological polar surface area (TPSA) is 47.6 Å².